The third-order valence-corrected chi connectivity index (χ3v) is 4.02. The molecule has 0 unspecified atom stereocenters. The van der Waals surface area contributed by atoms with Gasteiger partial charge in [0.25, 0.3) is 0 Å². The van der Waals surface area contributed by atoms with Gasteiger partial charge in [-0.1, -0.05) is 19.0 Å². The van der Waals surface area contributed by atoms with E-state index in [0.717, 1.165) is 32.5 Å². The minimum atomic E-state index is -0.259. The highest BCUT2D eigenvalue weighted by Crippen LogP contribution is 2.48. The quantitative estimate of drug-likeness (QED) is 0.192. The van der Waals surface area contributed by atoms with Gasteiger partial charge in [-0.2, -0.15) is 0 Å². The summed E-state index contributed by atoms with van der Waals surface area (Å²) in [7, 11) is 1.75. The number of rotatable bonds is 9. The second-order valence-electron chi connectivity index (χ2n) is 6.04. The molecule has 0 saturated heterocycles. The van der Waals surface area contributed by atoms with Crippen LogP contribution in [0.25, 0.3) is 0 Å². The number of nitrogens with zero attached hydrogens (tertiary/aromatic N) is 1. The normalized spacial score (nSPS) is 18.9. The average molecular weight is 257 g/mol. The van der Waals surface area contributed by atoms with Gasteiger partial charge < -0.3 is 21.0 Å². The minimum absolute atomic E-state index is 0.259. The van der Waals surface area contributed by atoms with Gasteiger partial charge in [-0.05, 0) is 37.6 Å². The summed E-state index contributed by atoms with van der Waals surface area (Å²) < 4.78 is 5.14. The number of amidine groups is 1. The molecule has 5 nitrogen and oxygen atoms in total. The van der Waals surface area contributed by atoms with Crippen LogP contribution < -0.4 is 11.1 Å². The van der Waals surface area contributed by atoms with Crippen molar-refractivity contribution in [3.05, 3.63) is 0 Å². The summed E-state index contributed by atoms with van der Waals surface area (Å²) in [6.07, 6.45) is 4.60. The van der Waals surface area contributed by atoms with Crippen LogP contribution in [0, 0.1) is 10.8 Å². The van der Waals surface area contributed by atoms with Crippen molar-refractivity contribution in [3.63, 3.8) is 0 Å². The Morgan fingerprint density at radius 1 is 1.50 bits per heavy atom. The molecule has 0 spiro atoms. The summed E-state index contributed by atoms with van der Waals surface area (Å²) in [5, 5.41) is 15.3. The highest BCUT2D eigenvalue weighted by Gasteiger charge is 2.41. The number of methoxy groups -OCH3 is 1. The van der Waals surface area contributed by atoms with Gasteiger partial charge in [-0.25, -0.2) is 0 Å². The summed E-state index contributed by atoms with van der Waals surface area (Å²) in [6, 6.07) is 0. The molecule has 4 N–H and O–H groups in total. The van der Waals surface area contributed by atoms with E-state index in [2.05, 4.69) is 10.5 Å². The van der Waals surface area contributed by atoms with Crippen molar-refractivity contribution in [2.24, 2.45) is 21.7 Å². The fourth-order valence-electron chi connectivity index (χ4n) is 2.03. The highest BCUT2D eigenvalue weighted by molar-refractivity contribution is 5.85. The molecule has 0 amide bonds. The first kappa shape index (κ1) is 15.2. The van der Waals surface area contributed by atoms with Gasteiger partial charge in [0.15, 0.2) is 0 Å². The highest BCUT2D eigenvalue weighted by atomic mass is 16.5. The van der Waals surface area contributed by atoms with Gasteiger partial charge in [0.1, 0.15) is 5.84 Å². The largest absolute Gasteiger partial charge is 0.409 e. The Labute approximate surface area is 110 Å². The summed E-state index contributed by atoms with van der Waals surface area (Å²) in [6.45, 7) is 6.75. The number of nitrogens with two attached hydrogens (primary N) is 1. The average Bonchev–Trinajstić information content (AvgIpc) is 3.12. The van der Waals surface area contributed by atoms with E-state index in [0.29, 0.717) is 11.3 Å². The lowest BCUT2D eigenvalue weighted by molar-refractivity contribution is 0.171. The number of nitrogens with one attached hydrogen (secondary N) is 1. The molecule has 0 aromatic heterocycles. The molecule has 1 fully saturated rings. The number of oxime groups is 1. The van der Waals surface area contributed by atoms with Crippen LogP contribution in [0.1, 0.15) is 39.5 Å². The molecule has 0 heterocycles. The molecule has 5 heteroatoms. The zero-order chi connectivity index (χ0) is 13.6. The van der Waals surface area contributed by atoms with Crippen LogP contribution in [0.15, 0.2) is 5.16 Å². The molecule has 0 aliphatic heterocycles. The van der Waals surface area contributed by atoms with Gasteiger partial charge >= 0.3 is 0 Å². The van der Waals surface area contributed by atoms with Crippen molar-refractivity contribution in [2.75, 3.05) is 26.8 Å². The summed E-state index contributed by atoms with van der Waals surface area (Å²) >= 11 is 0. The summed E-state index contributed by atoms with van der Waals surface area (Å²) in [5.41, 5.74) is 5.86. The third-order valence-electron chi connectivity index (χ3n) is 4.02. The van der Waals surface area contributed by atoms with Crippen LogP contribution in [-0.4, -0.2) is 37.8 Å². The van der Waals surface area contributed by atoms with E-state index in [1.165, 1.54) is 12.8 Å². The van der Waals surface area contributed by atoms with Crippen LogP contribution in [-0.2, 0) is 4.74 Å². The summed E-state index contributed by atoms with van der Waals surface area (Å²) in [5.74, 6) is 0.296. The van der Waals surface area contributed by atoms with Gasteiger partial charge in [0.2, 0.25) is 0 Å². The Hall–Kier alpha value is -0.810. The molecule has 0 aromatic carbocycles. The second-order valence-corrected chi connectivity index (χ2v) is 6.04. The molecular weight excluding hydrogens is 230 g/mol. The van der Waals surface area contributed by atoms with Crippen molar-refractivity contribution in [1.29, 1.82) is 0 Å². The first-order valence-corrected chi connectivity index (χ1v) is 6.63. The van der Waals surface area contributed by atoms with E-state index in [1.807, 2.05) is 13.8 Å². The number of hydrogen-bond acceptors (Lipinski definition) is 4. The smallest absolute Gasteiger partial charge is 0.144 e. The maximum atomic E-state index is 8.69. The monoisotopic (exact) mass is 257 g/mol. The molecule has 1 aliphatic carbocycles. The van der Waals surface area contributed by atoms with Crippen molar-refractivity contribution in [2.45, 2.75) is 39.5 Å². The first-order chi connectivity index (χ1) is 8.46. The van der Waals surface area contributed by atoms with E-state index in [-0.39, 0.29) is 5.41 Å². The molecule has 0 radical (unpaired) electrons. The standard InChI is InChI=1S/C13H27N3O2/c1-12(2,11(14)16-17)6-8-15-10-13(4-5-13)7-9-18-3/h15,17H,4-10H2,1-3H3,(H2,14,16). The molecule has 0 aromatic rings. The Kier molecular flexibility index (Phi) is 5.41. The zero-order valence-electron chi connectivity index (χ0n) is 11.8. The Bertz CT molecular complexity index is 286. The molecule has 1 aliphatic rings. The Morgan fingerprint density at radius 3 is 2.67 bits per heavy atom. The SMILES string of the molecule is COCCC1(CNCCC(C)(C)C(N)=NO)CC1. The van der Waals surface area contributed by atoms with Gasteiger partial charge in [0.05, 0.1) is 0 Å². The lowest BCUT2D eigenvalue weighted by atomic mass is 9.88. The van der Waals surface area contributed by atoms with Crippen molar-refractivity contribution < 1.29 is 9.94 Å². The van der Waals surface area contributed by atoms with Crippen molar-refractivity contribution in [1.82, 2.24) is 5.32 Å². The lowest BCUT2D eigenvalue weighted by Gasteiger charge is -2.23. The molecule has 18 heavy (non-hydrogen) atoms. The topological polar surface area (TPSA) is 79.9 Å². The van der Waals surface area contributed by atoms with Gasteiger partial charge in [-0.15, -0.1) is 0 Å². The second kappa shape index (κ2) is 6.38. The first-order valence-electron chi connectivity index (χ1n) is 6.63. The van der Waals surface area contributed by atoms with Crippen LogP contribution >= 0.6 is 0 Å². The molecule has 1 rings (SSSR count). The maximum Gasteiger partial charge on any atom is 0.144 e. The number of ether oxygens (including phenoxy) is 1. The van der Waals surface area contributed by atoms with Crippen molar-refractivity contribution in [3.8, 4) is 0 Å². The fraction of sp³-hybridized carbons (Fsp3) is 0.923. The van der Waals surface area contributed by atoms with Crippen LogP contribution in [0.4, 0.5) is 0 Å². The van der Waals surface area contributed by atoms with Gasteiger partial charge in [0, 0.05) is 25.7 Å². The van der Waals surface area contributed by atoms with Gasteiger partial charge in [-0.3, -0.25) is 0 Å². The maximum absolute atomic E-state index is 8.69. The van der Waals surface area contributed by atoms with E-state index in [9.17, 15) is 0 Å². The van der Waals surface area contributed by atoms with Crippen LogP contribution in [0.3, 0.4) is 0 Å². The predicted octanol–water partition coefficient (Wildman–Crippen LogP) is 1.56. The lowest BCUT2D eigenvalue weighted by Crippen LogP contribution is -2.36. The van der Waals surface area contributed by atoms with Crippen LogP contribution in [0.2, 0.25) is 0 Å². The van der Waals surface area contributed by atoms with Crippen LogP contribution in [0.5, 0.6) is 0 Å². The zero-order valence-corrected chi connectivity index (χ0v) is 11.8. The van der Waals surface area contributed by atoms with E-state index < -0.39 is 0 Å². The fourth-order valence-corrected chi connectivity index (χ4v) is 2.03. The number of hydrogen-bond donors (Lipinski definition) is 3. The van der Waals surface area contributed by atoms with E-state index in [1.54, 1.807) is 7.11 Å². The Balaban J connectivity index is 2.19. The van der Waals surface area contributed by atoms with Crippen molar-refractivity contribution >= 4 is 5.84 Å². The van der Waals surface area contributed by atoms with E-state index in [4.69, 9.17) is 15.7 Å². The minimum Gasteiger partial charge on any atom is -0.409 e. The molecule has 1 saturated carbocycles. The Morgan fingerprint density at radius 2 is 2.17 bits per heavy atom. The molecule has 106 valence electrons. The third kappa shape index (κ3) is 4.46. The van der Waals surface area contributed by atoms with E-state index >= 15 is 0 Å². The molecular formula is C13H27N3O2. The molecule has 0 atom stereocenters. The summed E-state index contributed by atoms with van der Waals surface area (Å²) in [4.78, 5) is 0. The molecule has 0 bridgehead atoms. The predicted molar refractivity (Wildman–Crippen MR) is 72.8 cm³/mol.